The van der Waals surface area contributed by atoms with Crippen LogP contribution in [0.2, 0.25) is 0 Å². The van der Waals surface area contributed by atoms with Crippen LogP contribution in [0.25, 0.3) is 5.70 Å². The molecule has 0 fully saturated rings. The van der Waals surface area contributed by atoms with Crippen LogP contribution in [0.15, 0.2) is 59.0 Å². The quantitative estimate of drug-likeness (QED) is 0.630. The molecule has 4 heteroatoms. The molecule has 1 heterocycles. The highest BCUT2D eigenvalue weighted by Gasteiger charge is 2.30. The lowest BCUT2D eigenvalue weighted by molar-refractivity contribution is 0.667. The molecule has 2 aromatic rings. The lowest BCUT2D eigenvalue weighted by Crippen LogP contribution is -2.44. The van der Waals surface area contributed by atoms with Gasteiger partial charge in [-0.05, 0) is 60.1 Å². The zero-order valence-electron chi connectivity index (χ0n) is 12.9. The Hall–Kier alpha value is -1.78. The summed E-state index contributed by atoms with van der Waals surface area (Å²) in [4.78, 5) is 1.29. The Labute approximate surface area is 146 Å². The highest BCUT2D eigenvalue weighted by Crippen LogP contribution is 2.38. The molecular weight excluding hydrogens is 320 g/mol. The molecule has 116 valence electrons. The Balaban J connectivity index is 1.80. The molecule has 0 saturated heterocycles. The molecule has 0 bridgehead atoms. The van der Waals surface area contributed by atoms with Crippen molar-refractivity contribution in [3.05, 3.63) is 70.8 Å². The number of rotatable bonds is 2. The molecular formula is C19H18N2S2. The van der Waals surface area contributed by atoms with Gasteiger partial charge in [0.05, 0.1) is 6.04 Å². The van der Waals surface area contributed by atoms with Crippen LogP contribution >= 0.6 is 24.0 Å². The van der Waals surface area contributed by atoms with E-state index in [1.807, 2.05) is 0 Å². The second kappa shape index (κ2) is 6.02. The van der Waals surface area contributed by atoms with Gasteiger partial charge in [0.25, 0.3) is 0 Å². The summed E-state index contributed by atoms with van der Waals surface area (Å²) in [7, 11) is 0. The molecule has 2 aliphatic rings. The number of fused-ring (bicyclic) bond motifs is 2. The van der Waals surface area contributed by atoms with E-state index in [-0.39, 0.29) is 6.04 Å². The van der Waals surface area contributed by atoms with Crippen molar-refractivity contribution in [1.82, 2.24) is 10.6 Å². The minimum Gasteiger partial charge on any atom is -0.352 e. The molecule has 2 aromatic carbocycles. The Morgan fingerprint density at radius 3 is 2.61 bits per heavy atom. The second-order valence-electron chi connectivity index (χ2n) is 5.86. The summed E-state index contributed by atoms with van der Waals surface area (Å²) in [5.41, 5.74) is 6.59. The maximum atomic E-state index is 5.47. The first-order valence-corrected chi connectivity index (χ1v) is 9.42. The number of hydrogen-bond donors (Lipinski definition) is 2. The van der Waals surface area contributed by atoms with Gasteiger partial charge < -0.3 is 10.6 Å². The van der Waals surface area contributed by atoms with E-state index in [2.05, 4.69) is 65.4 Å². The molecule has 0 spiro atoms. The number of thioether (sulfide) groups is 1. The third kappa shape index (κ3) is 2.66. The van der Waals surface area contributed by atoms with Crippen LogP contribution in [-0.4, -0.2) is 11.4 Å². The molecule has 0 radical (unpaired) electrons. The topological polar surface area (TPSA) is 24.1 Å². The molecule has 1 atom stereocenters. The van der Waals surface area contributed by atoms with Gasteiger partial charge in [-0.3, -0.25) is 0 Å². The van der Waals surface area contributed by atoms with Gasteiger partial charge in [-0.2, -0.15) is 0 Å². The van der Waals surface area contributed by atoms with Crippen LogP contribution in [0.3, 0.4) is 0 Å². The normalized spacial score (nSPS) is 19.5. The minimum atomic E-state index is 0.169. The summed E-state index contributed by atoms with van der Waals surface area (Å²) in [6.07, 6.45) is 4.25. The summed E-state index contributed by atoms with van der Waals surface area (Å²) >= 11 is 7.24. The molecule has 0 amide bonds. The first kappa shape index (κ1) is 14.8. The average Bonchev–Trinajstić information content (AvgIpc) is 2.61. The van der Waals surface area contributed by atoms with Crippen LogP contribution in [-0.2, 0) is 6.42 Å². The van der Waals surface area contributed by atoms with Crippen LogP contribution in [0.1, 0.15) is 29.2 Å². The first-order chi connectivity index (χ1) is 11.3. The Morgan fingerprint density at radius 1 is 1.04 bits per heavy atom. The fourth-order valence-corrected chi connectivity index (χ4v) is 4.06. The molecule has 0 saturated carbocycles. The van der Waals surface area contributed by atoms with Crippen molar-refractivity contribution in [2.75, 3.05) is 6.26 Å². The molecule has 1 unspecified atom stereocenters. The van der Waals surface area contributed by atoms with Gasteiger partial charge in [0, 0.05) is 16.2 Å². The van der Waals surface area contributed by atoms with E-state index in [9.17, 15) is 0 Å². The second-order valence-corrected chi connectivity index (χ2v) is 7.15. The highest BCUT2D eigenvalue weighted by atomic mass is 32.2. The Morgan fingerprint density at radius 2 is 1.83 bits per heavy atom. The van der Waals surface area contributed by atoms with E-state index in [4.69, 9.17) is 12.2 Å². The van der Waals surface area contributed by atoms with Gasteiger partial charge in [0.2, 0.25) is 0 Å². The number of aryl methyl sites for hydroxylation is 1. The van der Waals surface area contributed by atoms with Crippen LogP contribution in [0.4, 0.5) is 0 Å². The van der Waals surface area contributed by atoms with Crippen molar-refractivity contribution in [2.45, 2.75) is 23.8 Å². The van der Waals surface area contributed by atoms with Gasteiger partial charge in [-0.1, -0.05) is 36.4 Å². The van der Waals surface area contributed by atoms with Crippen molar-refractivity contribution in [2.24, 2.45) is 0 Å². The third-order valence-electron chi connectivity index (χ3n) is 4.58. The predicted molar refractivity (Wildman–Crippen MR) is 102 cm³/mol. The monoisotopic (exact) mass is 338 g/mol. The highest BCUT2D eigenvalue weighted by molar-refractivity contribution is 7.98. The maximum absolute atomic E-state index is 5.47. The maximum Gasteiger partial charge on any atom is 0.171 e. The fraction of sp³-hybridized carbons (Fsp3) is 0.211. The van der Waals surface area contributed by atoms with Crippen molar-refractivity contribution >= 4 is 34.8 Å². The number of thiocarbonyl (C=S) groups is 1. The van der Waals surface area contributed by atoms with E-state index < -0.39 is 0 Å². The number of benzene rings is 2. The largest absolute Gasteiger partial charge is 0.352 e. The van der Waals surface area contributed by atoms with Crippen LogP contribution < -0.4 is 10.6 Å². The molecule has 1 aliphatic heterocycles. The van der Waals surface area contributed by atoms with E-state index in [1.165, 1.54) is 32.9 Å². The molecule has 2 N–H and O–H groups in total. The van der Waals surface area contributed by atoms with Crippen LogP contribution in [0, 0.1) is 0 Å². The Kier molecular flexibility index (Phi) is 3.87. The van der Waals surface area contributed by atoms with Gasteiger partial charge in [0.1, 0.15) is 0 Å². The summed E-state index contributed by atoms with van der Waals surface area (Å²) in [6, 6.07) is 17.6. The van der Waals surface area contributed by atoms with E-state index in [0.29, 0.717) is 5.11 Å². The van der Waals surface area contributed by atoms with Crippen molar-refractivity contribution < 1.29 is 0 Å². The number of nitrogens with one attached hydrogen (secondary N) is 2. The molecule has 0 aromatic heterocycles. The minimum absolute atomic E-state index is 0.169. The van der Waals surface area contributed by atoms with E-state index >= 15 is 0 Å². The summed E-state index contributed by atoms with van der Waals surface area (Å²) in [6.45, 7) is 0. The van der Waals surface area contributed by atoms with Crippen molar-refractivity contribution in [3.63, 3.8) is 0 Å². The zero-order valence-corrected chi connectivity index (χ0v) is 14.6. The SMILES string of the molecule is CSc1ccc(C2NC(=S)NC3=C2CCc2ccccc23)cc1. The van der Waals surface area contributed by atoms with Crippen LogP contribution in [0.5, 0.6) is 0 Å². The third-order valence-corrected chi connectivity index (χ3v) is 5.55. The molecule has 23 heavy (non-hydrogen) atoms. The molecule has 1 aliphatic carbocycles. The average molecular weight is 339 g/mol. The molecule has 4 rings (SSSR count). The summed E-state index contributed by atoms with van der Waals surface area (Å²) < 4.78 is 0. The van der Waals surface area contributed by atoms with E-state index in [1.54, 1.807) is 11.8 Å². The Bertz CT molecular complexity index is 793. The van der Waals surface area contributed by atoms with Gasteiger partial charge in [-0.25, -0.2) is 0 Å². The van der Waals surface area contributed by atoms with Gasteiger partial charge in [0.15, 0.2) is 5.11 Å². The standard InChI is InChI=1S/C19H18N2S2/c1-23-14-9-6-13(7-10-14)17-16-11-8-12-4-2-3-5-15(12)18(16)21-19(22)20-17/h2-7,9-10,17H,8,11H2,1H3,(H2,20,21,22). The van der Waals surface area contributed by atoms with Gasteiger partial charge >= 0.3 is 0 Å². The predicted octanol–water partition coefficient (Wildman–Crippen LogP) is 4.28. The summed E-state index contributed by atoms with van der Waals surface area (Å²) in [5, 5.41) is 7.56. The lowest BCUT2D eigenvalue weighted by atomic mass is 9.83. The van der Waals surface area contributed by atoms with Crippen molar-refractivity contribution in [1.29, 1.82) is 0 Å². The first-order valence-electron chi connectivity index (χ1n) is 7.79. The molecule has 2 nitrogen and oxygen atoms in total. The van der Waals surface area contributed by atoms with Crippen molar-refractivity contribution in [3.8, 4) is 0 Å². The van der Waals surface area contributed by atoms with Gasteiger partial charge in [-0.15, -0.1) is 11.8 Å². The fourth-order valence-electron chi connectivity index (χ4n) is 3.43. The number of hydrogen-bond acceptors (Lipinski definition) is 2. The smallest absolute Gasteiger partial charge is 0.171 e. The van der Waals surface area contributed by atoms with E-state index in [0.717, 1.165) is 12.8 Å². The zero-order chi connectivity index (χ0) is 15.8. The lowest BCUT2D eigenvalue weighted by Gasteiger charge is -2.35. The summed E-state index contributed by atoms with van der Waals surface area (Å²) in [5.74, 6) is 0.